The molecule has 144 valence electrons. The third-order valence-electron chi connectivity index (χ3n) is 4.95. The maximum absolute atomic E-state index is 13.1. The minimum absolute atomic E-state index is 0.287. The third-order valence-corrected chi connectivity index (χ3v) is 6.84. The van der Waals surface area contributed by atoms with Crippen LogP contribution in [0, 0.1) is 0 Å². The lowest BCUT2D eigenvalue weighted by Crippen LogP contribution is -2.49. The summed E-state index contributed by atoms with van der Waals surface area (Å²) in [6.45, 7) is 1.49. The van der Waals surface area contributed by atoms with E-state index in [0.29, 0.717) is 37.6 Å². The van der Waals surface area contributed by atoms with Crippen LogP contribution < -0.4 is 10.6 Å². The van der Waals surface area contributed by atoms with E-state index in [-0.39, 0.29) is 4.90 Å². The molecule has 28 heavy (non-hydrogen) atoms. The second-order valence-corrected chi connectivity index (χ2v) is 8.58. The van der Waals surface area contributed by atoms with Gasteiger partial charge >= 0.3 is 0 Å². The summed E-state index contributed by atoms with van der Waals surface area (Å²) in [6.07, 6.45) is 1.60. The van der Waals surface area contributed by atoms with Crippen molar-refractivity contribution in [3.8, 4) is 0 Å². The fourth-order valence-electron chi connectivity index (χ4n) is 3.46. The summed E-state index contributed by atoms with van der Waals surface area (Å²) in [4.78, 5) is 18.1. The SMILES string of the molecule is NC(=O)c1cccnc1N1CCN(S(=O)(=O)c2ccc3ccccc3c2)CC1. The molecule has 2 aromatic carbocycles. The molecule has 2 N–H and O–H groups in total. The zero-order chi connectivity index (χ0) is 19.7. The van der Waals surface area contributed by atoms with Gasteiger partial charge in [-0.25, -0.2) is 13.4 Å². The minimum Gasteiger partial charge on any atom is -0.365 e. The van der Waals surface area contributed by atoms with Gasteiger partial charge in [0.05, 0.1) is 10.5 Å². The van der Waals surface area contributed by atoms with Crippen molar-refractivity contribution in [1.82, 2.24) is 9.29 Å². The van der Waals surface area contributed by atoms with E-state index in [1.54, 1.807) is 30.5 Å². The molecule has 8 heteroatoms. The number of hydrogen-bond donors (Lipinski definition) is 1. The van der Waals surface area contributed by atoms with Crippen molar-refractivity contribution >= 4 is 32.5 Å². The Hall–Kier alpha value is -2.97. The van der Waals surface area contributed by atoms with Crippen molar-refractivity contribution < 1.29 is 13.2 Å². The lowest BCUT2D eigenvalue weighted by Gasteiger charge is -2.35. The Balaban J connectivity index is 1.55. The molecule has 7 nitrogen and oxygen atoms in total. The third kappa shape index (κ3) is 3.32. The molecule has 0 atom stereocenters. The minimum atomic E-state index is -3.59. The highest BCUT2D eigenvalue weighted by molar-refractivity contribution is 7.89. The number of anilines is 1. The molecule has 0 spiro atoms. The Morgan fingerprint density at radius 3 is 2.36 bits per heavy atom. The van der Waals surface area contributed by atoms with Crippen LogP contribution >= 0.6 is 0 Å². The number of nitrogens with two attached hydrogens (primary N) is 1. The first kappa shape index (κ1) is 18.4. The number of benzene rings is 2. The van der Waals surface area contributed by atoms with Crippen molar-refractivity contribution in [3.63, 3.8) is 0 Å². The summed E-state index contributed by atoms with van der Waals surface area (Å²) in [5.41, 5.74) is 5.77. The standard InChI is InChI=1S/C20H20N4O3S/c21-19(25)18-6-3-9-22-20(18)23-10-12-24(13-11-23)28(26,27)17-8-7-15-4-1-2-5-16(15)14-17/h1-9,14H,10-13H2,(H2,21,25). The number of hydrogen-bond acceptors (Lipinski definition) is 5. The van der Waals surface area contributed by atoms with Crippen LogP contribution in [0.5, 0.6) is 0 Å². The monoisotopic (exact) mass is 396 g/mol. The first-order valence-corrected chi connectivity index (χ1v) is 10.4. The van der Waals surface area contributed by atoms with E-state index < -0.39 is 15.9 Å². The average Bonchev–Trinajstić information content (AvgIpc) is 2.73. The van der Waals surface area contributed by atoms with E-state index in [0.717, 1.165) is 10.8 Å². The molecule has 1 aliphatic rings. The summed E-state index contributed by atoms with van der Waals surface area (Å²) in [7, 11) is -3.59. The van der Waals surface area contributed by atoms with Crippen LogP contribution in [-0.4, -0.2) is 49.8 Å². The fourth-order valence-corrected chi connectivity index (χ4v) is 4.92. The van der Waals surface area contributed by atoms with Gasteiger partial charge in [-0.1, -0.05) is 30.3 Å². The van der Waals surface area contributed by atoms with Crippen molar-refractivity contribution in [2.75, 3.05) is 31.1 Å². The van der Waals surface area contributed by atoms with E-state index in [1.807, 2.05) is 35.2 Å². The molecule has 0 radical (unpaired) electrons. The topological polar surface area (TPSA) is 96.6 Å². The number of piperazine rings is 1. The van der Waals surface area contributed by atoms with Crippen molar-refractivity contribution in [1.29, 1.82) is 0 Å². The summed E-state index contributed by atoms with van der Waals surface area (Å²) < 4.78 is 27.6. The second-order valence-electron chi connectivity index (χ2n) is 6.64. The highest BCUT2D eigenvalue weighted by Gasteiger charge is 2.30. The molecule has 0 aliphatic carbocycles. The van der Waals surface area contributed by atoms with E-state index >= 15 is 0 Å². The van der Waals surface area contributed by atoms with Crippen LogP contribution in [0.1, 0.15) is 10.4 Å². The number of primary amides is 1. The van der Waals surface area contributed by atoms with Crippen LogP contribution in [0.2, 0.25) is 0 Å². The van der Waals surface area contributed by atoms with Gasteiger partial charge in [-0.3, -0.25) is 4.79 Å². The first-order valence-electron chi connectivity index (χ1n) is 8.95. The number of carbonyl (C=O) groups excluding carboxylic acids is 1. The van der Waals surface area contributed by atoms with Crippen LogP contribution in [0.25, 0.3) is 10.8 Å². The van der Waals surface area contributed by atoms with E-state index in [9.17, 15) is 13.2 Å². The Morgan fingerprint density at radius 2 is 1.64 bits per heavy atom. The normalized spacial score (nSPS) is 15.6. The number of carbonyl (C=O) groups is 1. The quantitative estimate of drug-likeness (QED) is 0.726. The Kier molecular flexibility index (Phi) is 4.74. The number of rotatable bonds is 4. The number of fused-ring (bicyclic) bond motifs is 1. The van der Waals surface area contributed by atoms with Crippen LogP contribution in [-0.2, 0) is 10.0 Å². The predicted molar refractivity (Wildman–Crippen MR) is 108 cm³/mol. The molecule has 2 heterocycles. The van der Waals surface area contributed by atoms with Gasteiger partial charge in [0.2, 0.25) is 10.0 Å². The van der Waals surface area contributed by atoms with E-state index in [4.69, 9.17) is 5.73 Å². The average molecular weight is 396 g/mol. The molecule has 1 amide bonds. The maximum atomic E-state index is 13.1. The van der Waals surface area contributed by atoms with Crippen LogP contribution in [0.15, 0.2) is 65.7 Å². The van der Waals surface area contributed by atoms with Gasteiger partial charge in [0, 0.05) is 32.4 Å². The summed E-state index contributed by atoms with van der Waals surface area (Å²) in [5.74, 6) is -0.0490. The molecular formula is C20H20N4O3S. The fraction of sp³-hybridized carbons (Fsp3) is 0.200. The Morgan fingerprint density at radius 1 is 0.929 bits per heavy atom. The molecule has 1 aromatic heterocycles. The Labute approximate surface area is 163 Å². The highest BCUT2D eigenvalue weighted by Crippen LogP contribution is 2.24. The number of sulfonamides is 1. The lowest BCUT2D eigenvalue weighted by molar-refractivity contribution is 0.1000. The molecule has 0 saturated carbocycles. The van der Waals surface area contributed by atoms with Gasteiger partial charge in [-0.15, -0.1) is 0 Å². The van der Waals surface area contributed by atoms with Gasteiger partial charge in [0.15, 0.2) is 0 Å². The lowest BCUT2D eigenvalue weighted by atomic mass is 10.1. The van der Waals surface area contributed by atoms with Crippen LogP contribution in [0.3, 0.4) is 0 Å². The number of nitrogens with zero attached hydrogens (tertiary/aromatic N) is 3. The van der Waals surface area contributed by atoms with E-state index in [2.05, 4.69) is 4.98 Å². The summed E-state index contributed by atoms with van der Waals surface area (Å²) in [6, 6.07) is 16.1. The van der Waals surface area contributed by atoms with Gasteiger partial charge in [-0.05, 0) is 35.0 Å². The maximum Gasteiger partial charge on any atom is 0.252 e. The summed E-state index contributed by atoms with van der Waals surface area (Å²) in [5, 5.41) is 1.89. The molecule has 1 fully saturated rings. The van der Waals surface area contributed by atoms with Crippen molar-refractivity contribution in [2.24, 2.45) is 5.73 Å². The van der Waals surface area contributed by atoms with Gasteiger partial charge < -0.3 is 10.6 Å². The number of pyridine rings is 1. The molecule has 0 unspecified atom stereocenters. The van der Waals surface area contributed by atoms with E-state index in [1.165, 1.54) is 4.31 Å². The van der Waals surface area contributed by atoms with Crippen molar-refractivity contribution in [2.45, 2.75) is 4.90 Å². The van der Waals surface area contributed by atoms with Crippen molar-refractivity contribution in [3.05, 3.63) is 66.4 Å². The molecule has 1 aliphatic heterocycles. The second kappa shape index (κ2) is 7.21. The number of amides is 1. The molecule has 0 bridgehead atoms. The zero-order valence-corrected chi connectivity index (χ0v) is 16.0. The predicted octanol–water partition coefficient (Wildman–Crippen LogP) is 1.84. The molecule has 3 aromatic rings. The summed E-state index contributed by atoms with van der Waals surface area (Å²) >= 11 is 0. The molecule has 4 rings (SSSR count). The zero-order valence-electron chi connectivity index (χ0n) is 15.2. The van der Waals surface area contributed by atoms with Crippen LogP contribution in [0.4, 0.5) is 5.82 Å². The van der Waals surface area contributed by atoms with Gasteiger partial charge in [-0.2, -0.15) is 4.31 Å². The molecule has 1 saturated heterocycles. The Bertz CT molecular complexity index is 1140. The molecular weight excluding hydrogens is 376 g/mol. The van der Waals surface area contributed by atoms with Gasteiger partial charge in [0.1, 0.15) is 5.82 Å². The highest BCUT2D eigenvalue weighted by atomic mass is 32.2. The number of aromatic nitrogens is 1. The van der Waals surface area contributed by atoms with Gasteiger partial charge in [0.25, 0.3) is 5.91 Å². The smallest absolute Gasteiger partial charge is 0.252 e. The largest absolute Gasteiger partial charge is 0.365 e. The first-order chi connectivity index (χ1) is 13.5.